The Hall–Kier alpha value is -4.01. The van der Waals surface area contributed by atoms with E-state index in [1.807, 2.05) is 0 Å². The number of fused-ring (bicyclic) bond motifs is 3. The van der Waals surface area contributed by atoms with Crippen LogP contribution in [0.5, 0.6) is 0 Å². The maximum absolute atomic E-state index is 13.9. The Morgan fingerprint density at radius 3 is 1.39 bits per heavy atom. The van der Waals surface area contributed by atoms with E-state index in [1.54, 1.807) is 15.5 Å². The molecule has 0 unspecified atom stereocenters. The Labute approximate surface area is 380 Å². The SMILES string of the molecule is CC(F)(F)c1cn(CC2CCN(S(C)(=O)=O)CC2)c2ncnc(Cl)c12.CC(F)(F)c1cn(CC2CCNCC2)c2ncnc(Cl)c12.Cc1cn(CC2CCNCC2)c2ncnc(C)c12. The number of hydrogen-bond donors (Lipinski definition) is 2. The summed E-state index contributed by atoms with van der Waals surface area (Å²) in [7, 11) is -3.19. The van der Waals surface area contributed by atoms with Crippen LogP contribution in [-0.2, 0) is 41.5 Å². The van der Waals surface area contributed by atoms with Gasteiger partial charge in [-0.15, -0.1) is 0 Å². The van der Waals surface area contributed by atoms with Gasteiger partial charge in [0.05, 0.1) is 33.8 Å². The second-order valence-electron chi connectivity index (χ2n) is 17.5. The lowest BCUT2D eigenvalue weighted by atomic mass is 9.98. The van der Waals surface area contributed by atoms with Crippen molar-refractivity contribution >= 4 is 66.3 Å². The lowest BCUT2D eigenvalue weighted by Gasteiger charge is -2.30. The molecule has 2 N–H and O–H groups in total. The number of aryl methyl sites for hydroxylation is 2. The van der Waals surface area contributed by atoms with E-state index in [4.69, 9.17) is 23.2 Å². The van der Waals surface area contributed by atoms with Crippen LogP contribution < -0.4 is 10.6 Å². The van der Waals surface area contributed by atoms with Gasteiger partial charge in [-0.1, -0.05) is 23.2 Å². The molecule has 3 saturated heterocycles. The van der Waals surface area contributed by atoms with Crippen molar-refractivity contribution in [3.05, 3.63) is 70.3 Å². The predicted molar refractivity (Wildman–Crippen MR) is 242 cm³/mol. The summed E-state index contributed by atoms with van der Waals surface area (Å²) in [6.07, 6.45) is 16.5. The Bertz CT molecular complexity index is 2660. The summed E-state index contributed by atoms with van der Waals surface area (Å²) in [5, 5.41) is 8.47. The first-order chi connectivity index (χ1) is 30.3. The fraction of sp³-hybridized carbons (Fsp3) is 0.581. The molecular formula is C43H56Cl2F4N12O2S. The number of nitrogens with zero attached hydrogens (tertiary/aromatic N) is 10. The minimum atomic E-state index is -3.19. The second-order valence-corrected chi connectivity index (χ2v) is 20.2. The van der Waals surface area contributed by atoms with Gasteiger partial charge in [-0.2, -0.15) is 0 Å². The molecule has 0 radical (unpaired) electrons. The summed E-state index contributed by atoms with van der Waals surface area (Å²) in [6, 6.07) is 0. The number of halogens is 6. The van der Waals surface area contributed by atoms with E-state index >= 15 is 0 Å². The molecule has 21 heteroatoms. The van der Waals surface area contributed by atoms with Crippen LogP contribution in [0.4, 0.5) is 17.6 Å². The summed E-state index contributed by atoms with van der Waals surface area (Å²) in [5.74, 6) is -4.60. The highest BCUT2D eigenvalue weighted by molar-refractivity contribution is 7.88. The zero-order valence-corrected chi connectivity index (χ0v) is 39.1. The van der Waals surface area contributed by atoms with Crippen molar-refractivity contribution in [1.82, 2.24) is 58.5 Å². The number of hydrogen-bond acceptors (Lipinski definition) is 10. The fourth-order valence-corrected chi connectivity index (χ4v) is 10.5. The summed E-state index contributed by atoms with van der Waals surface area (Å²) in [4.78, 5) is 24.7. The Morgan fingerprint density at radius 1 is 0.609 bits per heavy atom. The van der Waals surface area contributed by atoms with Gasteiger partial charge in [-0.05, 0) is 102 Å². The zero-order chi connectivity index (χ0) is 46.0. The average molecular weight is 952 g/mol. The van der Waals surface area contributed by atoms with E-state index in [2.05, 4.69) is 65.1 Å². The molecule has 64 heavy (non-hydrogen) atoms. The molecular weight excluding hydrogens is 896 g/mol. The van der Waals surface area contributed by atoms with Crippen LogP contribution >= 0.6 is 23.2 Å². The molecule has 3 fully saturated rings. The summed E-state index contributed by atoms with van der Waals surface area (Å²) in [5.41, 5.74) is 4.04. The van der Waals surface area contributed by atoms with Gasteiger partial charge in [-0.25, -0.2) is 60.2 Å². The third-order valence-electron chi connectivity index (χ3n) is 12.5. The number of nitrogens with one attached hydrogen (secondary N) is 2. The largest absolute Gasteiger partial charge is 0.332 e. The van der Waals surface area contributed by atoms with Crippen LogP contribution in [-0.4, -0.2) is 102 Å². The summed E-state index contributed by atoms with van der Waals surface area (Å²) < 4.78 is 85.9. The van der Waals surface area contributed by atoms with Gasteiger partial charge in [0, 0.05) is 70.5 Å². The van der Waals surface area contributed by atoms with Crippen LogP contribution in [0.1, 0.15) is 74.8 Å². The molecule has 348 valence electrons. The van der Waals surface area contributed by atoms with Gasteiger partial charge in [0.2, 0.25) is 10.0 Å². The molecule has 6 aromatic rings. The van der Waals surface area contributed by atoms with E-state index in [1.165, 1.54) is 59.4 Å². The summed E-state index contributed by atoms with van der Waals surface area (Å²) >= 11 is 12.0. The third kappa shape index (κ3) is 11.1. The van der Waals surface area contributed by atoms with Gasteiger partial charge < -0.3 is 24.3 Å². The zero-order valence-electron chi connectivity index (χ0n) is 36.8. The number of piperidine rings is 3. The van der Waals surface area contributed by atoms with Crippen molar-refractivity contribution in [3.63, 3.8) is 0 Å². The smallest absolute Gasteiger partial charge is 0.272 e. The maximum Gasteiger partial charge on any atom is 0.272 e. The normalized spacial score (nSPS) is 17.7. The fourth-order valence-electron chi connectivity index (χ4n) is 9.14. The van der Waals surface area contributed by atoms with Crippen LogP contribution in [0.2, 0.25) is 10.3 Å². The first kappa shape index (κ1) is 47.9. The van der Waals surface area contributed by atoms with Crippen molar-refractivity contribution in [1.29, 1.82) is 0 Å². The number of aromatic nitrogens is 9. The van der Waals surface area contributed by atoms with Crippen LogP contribution in [0.3, 0.4) is 0 Å². The first-order valence-electron chi connectivity index (χ1n) is 21.7. The molecule has 9 rings (SSSR count). The van der Waals surface area contributed by atoms with E-state index in [0.29, 0.717) is 56.2 Å². The lowest BCUT2D eigenvalue weighted by Crippen LogP contribution is -2.38. The van der Waals surface area contributed by atoms with E-state index < -0.39 is 21.9 Å². The Balaban J connectivity index is 0.000000145. The number of rotatable bonds is 9. The first-order valence-corrected chi connectivity index (χ1v) is 24.3. The molecule has 3 aliphatic rings. The molecule has 9 heterocycles. The maximum atomic E-state index is 13.9. The molecule has 6 aromatic heterocycles. The predicted octanol–water partition coefficient (Wildman–Crippen LogP) is 8.11. The molecule has 0 aromatic carbocycles. The van der Waals surface area contributed by atoms with E-state index in [9.17, 15) is 26.0 Å². The molecule has 14 nitrogen and oxygen atoms in total. The lowest BCUT2D eigenvalue weighted by molar-refractivity contribution is 0.0181. The van der Waals surface area contributed by atoms with Crippen molar-refractivity contribution < 1.29 is 26.0 Å². The van der Waals surface area contributed by atoms with Gasteiger partial charge >= 0.3 is 0 Å². The molecule has 0 amide bonds. The highest BCUT2D eigenvalue weighted by Gasteiger charge is 2.34. The highest BCUT2D eigenvalue weighted by atomic mass is 35.5. The molecule has 3 aliphatic heterocycles. The van der Waals surface area contributed by atoms with Gasteiger partial charge in [0.25, 0.3) is 11.8 Å². The topological polar surface area (TPSA) is 154 Å². The monoisotopic (exact) mass is 950 g/mol. The minimum Gasteiger partial charge on any atom is -0.332 e. The van der Waals surface area contributed by atoms with Gasteiger partial charge in [0.1, 0.15) is 46.2 Å². The Morgan fingerprint density at radius 2 is 0.984 bits per heavy atom. The van der Waals surface area contributed by atoms with Crippen molar-refractivity contribution in [2.45, 2.75) is 97.7 Å². The van der Waals surface area contributed by atoms with Crippen LogP contribution in [0.15, 0.2) is 37.6 Å². The van der Waals surface area contributed by atoms with Crippen molar-refractivity contribution in [2.75, 3.05) is 45.5 Å². The number of alkyl halides is 4. The quantitative estimate of drug-likeness (QED) is 0.107. The highest BCUT2D eigenvalue weighted by Crippen LogP contribution is 2.39. The second kappa shape index (κ2) is 19.8. The van der Waals surface area contributed by atoms with Gasteiger partial charge in [-0.3, -0.25) is 0 Å². The average Bonchev–Trinajstić information content (AvgIpc) is 3.92. The number of sulfonamides is 1. The van der Waals surface area contributed by atoms with Crippen LogP contribution in [0, 0.1) is 31.6 Å². The molecule has 0 saturated carbocycles. The minimum absolute atomic E-state index is 0.00664. The van der Waals surface area contributed by atoms with Crippen LogP contribution in [0.25, 0.3) is 33.1 Å². The molecule has 0 aliphatic carbocycles. The standard InChI is InChI=1S/C15H19ClF2N4O2S.C14H17ClF2N4.C14H20N4/c1-15(17,18)11-8-21(14-12(11)13(16)19-9-20-14)7-10-3-5-22(6-4-10)25(2,23)24;1-14(16,17)10-7-21(6-9-2-4-18-5-3-9)13-11(10)12(15)19-8-20-13;1-10-7-18(8-12-3-5-15-6-4-12)14-13(10)11(2)16-9-17-14/h8-10H,3-7H2,1-2H3;7-9,18H,2-6H2,1H3;7,9,12,15H,3-6,8H2,1-2H3. The van der Waals surface area contributed by atoms with E-state index in [0.717, 1.165) is 76.7 Å². The Kier molecular flexibility index (Phi) is 14.9. The summed E-state index contributed by atoms with van der Waals surface area (Å²) in [6.45, 7) is 13.3. The van der Waals surface area contributed by atoms with Crippen molar-refractivity contribution in [2.24, 2.45) is 17.8 Å². The molecule has 0 atom stereocenters. The van der Waals surface area contributed by atoms with Crippen molar-refractivity contribution in [3.8, 4) is 0 Å². The third-order valence-corrected chi connectivity index (χ3v) is 14.4. The van der Waals surface area contributed by atoms with E-state index in [-0.39, 0.29) is 38.1 Å². The molecule has 0 bridgehead atoms. The molecule has 0 spiro atoms. The van der Waals surface area contributed by atoms with Gasteiger partial charge in [0.15, 0.2) is 0 Å².